The van der Waals surface area contributed by atoms with Gasteiger partial charge in [0.05, 0.1) is 18.8 Å². The standard InChI is InChI=1S/C27H33N5O2S/c1-18-5-7-22(8-6-18)28-24(33)15-31-9-11-32(12-10-31)16-25(34)30-27-29-23(17-35-27)26-20(3)13-19(2)14-21(26)4/h5-8,13-14,17H,9-12,15-16H2,1-4H3,(H,28,33)(H,29,30,34). The molecule has 4 rings (SSSR count). The molecular formula is C27H33N5O2S. The average Bonchev–Trinajstić information content (AvgIpc) is 3.23. The lowest BCUT2D eigenvalue weighted by Crippen LogP contribution is -2.50. The molecule has 0 unspecified atom stereocenters. The minimum absolute atomic E-state index is 0.0151. The number of nitrogens with one attached hydrogen (secondary N) is 2. The largest absolute Gasteiger partial charge is 0.325 e. The first-order valence-corrected chi connectivity index (χ1v) is 12.8. The van der Waals surface area contributed by atoms with Gasteiger partial charge in [0.25, 0.3) is 0 Å². The number of thiazole rings is 1. The fourth-order valence-corrected chi connectivity index (χ4v) is 5.26. The summed E-state index contributed by atoms with van der Waals surface area (Å²) in [5.41, 5.74) is 7.63. The van der Waals surface area contributed by atoms with Crippen LogP contribution in [0.5, 0.6) is 0 Å². The van der Waals surface area contributed by atoms with Crippen LogP contribution in [0.2, 0.25) is 0 Å². The van der Waals surface area contributed by atoms with E-state index in [1.54, 1.807) is 0 Å². The van der Waals surface area contributed by atoms with Crippen LogP contribution in [0.25, 0.3) is 11.3 Å². The zero-order chi connectivity index (χ0) is 24.9. The van der Waals surface area contributed by atoms with Crippen molar-refractivity contribution < 1.29 is 9.59 Å². The third kappa shape index (κ3) is 6.75. The molecule has 0 bridgehead atoms. The smallest absolute Gasteiger partial charge is 0.240 e. The molecule has 1 fully saturated rings. The highest BCUT2D eigenvalue weighted by Crippen LogP contribution is 2.31. The zero-order valence-electron chi connectivity index (χ0n) is 20.9. The number of hydrogen-bond acceptors (Lipinski definition) is 6. The van der Waals surface area contributed by atoms with Crippen molar-refractivity contribution in [2.45, 2.75) is 27.7 Å². The van der Waals surface area contributed by atoms with E-state index >= 15 is 0 Å². The van der Waals surface area contributed by atoms with Crippen molar-refractivity contribution in [1.29, 1.82) is 0 Å². The highest BCUT2D eigenvalue weighted by Gasteiger charge is 2.21. The first-order chi connectivity index (χ1) is 16.8. The molecule has 3 aromatic rings. The van der Waals surface area contributed by atoms with Crippen LogP contribution in [0.15, 0.2) is 41.8 Å². The monoisotopic (exact) mass is 491 g/mol. The summed E-state index contributed by atoms with van der Waals surface area (Å²) in [6.45, 7) is 12.0. The Kier molecular flexibility index (Phi) is 7.95. The van der Waals surface area contributed by atoms with Crippen molar-refractivity contribution in [2.24, 2.45) is 0 Å². The summed E-state index contributed by atoms with van der Waals surface area (Å²) in [5, 5.41) is 8.52. The Balaban J connectivity index is 1.23. The molecule has 7 nitrogen and oxygen atoms in total. The molecule has 184 valence electrons. The van der Waals surface area contributed by atoms with Gasteiger partial charge in [-0.05, 0) is 51.0 Å². The Morgan fingerprint density at radius 2 is 1.37 bits per heavy atom. The fourth-order valence-electron chi connectivity index (χ4n) is 4.54. The molecule has 1 aliphatic heterocycles. The van der Waals surface area contributed by atoms with Crippen molar-refractivity contribution in [3.05, 3.63) is 64.0 Å². The molecule has 35 heavy (non-hydrogen) atoms. The van der Waals surface area contributed by atoms with E-state index < -0.39 is 0 Å². The van der Waals surface area contributed by atoms with E-state index in [1.807, 2.05) is 36.6 Å². The third-order valence-electron chi connectivity index (χ3n) is 6.22. The van der Waals surface area contributed by atoms with Crippen LogP contribution in [-0.2, 0) is 9.59 Å². The maximum atomic E-state index is 12.6. The van der Waals surface area contributed by atoms with Crippen LogP contribution >= 0.6 is 11.3 Å². The van der Waals surface area contributed by atoms with Crippen LogP contribution in [-0.4, -0.2) is 65.9 Å². The van der Waals surface area contributed by atoms with Crippen LogP contribution in [0.4, 0.5) is 10.8 Å². The van der Waals surface area contributed by atoms with Gasteiger partial charge in [-0.1, -0.05) is 35.4 Å². The number of aryl methyl sites for hydroxylation is 4. The molecule has 1 aliphatic rings. The van der Waals surface area contributed by atoms with E-state index in [0.717, 1.165) is 48.7 Å². The summed E-state index contributed by atoms with van der Waals surface area (Å²) < 4.78 is 0. The number of carbonyl (C=O) groups excluding carboxylic acids is 2. The maximum absolute atomic E-state index is 12.6. The number of amides is 2. The van der Waals surface area contributed by atoms with Gasteiger partial charge in [0.1, 0.15) is 0 Å². The number of rotatable bonds is 7. The van der Waals surface area contributed by atoms with Crippen molar-refractivity contribution in [1.82, 2.24) is 14.8 Å². The number of piperazine rings is 1. The third-order valence-corrected chi connectivity index (χ3v) is 6.98. The summed E-state index contributed by atoms with van der Waals surface area (Å²) >= 11 is 1.45. The average molecular weight is 492 g/mol. The topological polar surface area (TPSA) is 77.6 Å². The van der Waals surface area contributed by atoms with Gasteiger partial charge in [-0.2, -0.15) is 0 Å². The number of carbonyl (C=O) groups is 2. The maximum Gasteiger partial charge on any atom is 0.240 e. The number of hydrogen-bond donors (Lipinski definition) is 2. The molecule has 0 spiro atoms. The Labute approximate surface area is 211 Å². The summed E-state index contributed by atoms with van der Waals surface area (Å²) in [6.07, 6.45) is 0. The molecule has 0 aliphatic carbocycles. The second-order valence-electron chi connectivity index (χ2n) is 9.33. The zero-order valence-corrected chi connectivity index (χ0v) is 21.7. The molecule has 1 saturated heterocycles. The second kappa shape index (κ2) is 11.1. The Morgan fingerprint density at radius 3 is 1.94 bits per heavy atom. The van der Waals surface area contributed by atoms with E-state index in [4.69, 9.17) is 0 Å². The summed E-state index contributed by atoms with van der Waals surface area (Å²) in [7, 11) is 0. The predicted molar refractivity (Wildman–Crippen MR) is 143 cm³/mol. The van der Waals surface area contributed by atoms with Crippen LogP contribution in [0, 0.1) is 27.7 Å². The molecule has 8 heteroatoms. The van der Waals surface area contributed by atoms with Gasteiger partial charge in [-0.15, -0.1) is 11.3 Å². The first-order valence-electron chi connectivity index (χ1n) is 11.9. The molecule has 2 amide bonds. The second-order valence-corrected chi connectivity index (χ2v) is 10.2. The van der Waals surface area contributed by atoms with E-state index in [9.17, 15) is 9.59 Å². The quantitative estimate of drug-likeness (QED) is 0.517. The molecule has 1 aromatic heterocycles. The molecule has 0 radical (unpaired) electrons. The van der Waals surface area contributed by atoms with Gasteiger partial charge in [-0.3, -0.25) is 19.4 Å². The fraction of sp³-hybridized carbons (Fsp3) is 0.370. The predicted octanol–water partition coefficient (Wildman–Crippen LogP) is 4.24. The van der Waals surface area contributed by atoms with Crippen molar-refractivity contribution in [3.8, 4) is 11.3 Å². The van der Waals surface area contributed by atoms with E-state index in [0.29, 0.717) is 18.2 Å². The van der Waals surface area contributed by atoms with Gasteiger partial charge in [0.15, 0.2) is 5.13 Å². The van der Waals surface area contributed by atoms with E-state index in [2.05, 4.69) is 58.3 Å². The molecule has 2 heterocycles. The number of anilines is 2. The van der Waals surface area contributed by atoms with Gasteiger partial charge in [-0.25, -0.2) is 4.98 Å². The summed E-state index contributed by atoms with van der Waals surface area (Å²) in [6, 6.07) is 12.1. The minimum atomic E-state index is -0.0613. The van der Waals surface area contributed by atoms with Crippen molar-refractivity contribution in [2.75, 3.05) is 49.9 Å². The van der Waals surface area contributed by atoms with Gasteiger partial charge in [0, 0.05) is 42.8 Å². The van der Waals surface area contributed by atoms with E-state index in [1.165, 1.54) is 28.0 Å². The molecular weight excluding hydrogens is 458 g/mol. The minimum Gasteiger partial charge on any atom is -0.325 e. The number of benzene rings is 2. The van der Waals surface area contributed by atoms with Crippen LogP contribution in [0.3, 0.4) is 0 Å². The Morgan fingerprint density at radius 1 is 0.829 bits per heavy atom. The Hall–Kier alpha value is -3.07. The first kappa shape index (κ1) is 25.0. The van der Waals surface area contributed by atoms with Crippen LogP contribution < -0.4 is 10.6 Å². The summed E-state index contributed by atoms with van der Waals surface area (Å²) in [5.74, 6) is -0.0764. The van der Waals surface area contributed by atoms with Crippen molar-refractivity contribution in [3.63, 3.8) is 0 Å². The van der Waals surface area contributed by atoms with Gasteiger partial charge in [0.2, 0.25) is 11.8 Å². The molecule has 2 aromatic carbocycles. The summed E-state index contributed by atoms with van der Waals surface area (Å²) in [4.78, 5) is 33.9. The number of aromatic nitrogens is 1. The molecule has 0 saturated carbocycles. The highest BCUT2D eigenvalue weighted by molar-refractivity contribution is 7.14. The molecule has 0 atom stereocenters. The van der Waals surface area contributed by atoms with Crippen LogP contribution in [0.1, 0.15) is 22.3 Å². The molecule has 2 N–H and O–H groups in total. The SMILES string of the molecule is Cc1ccc(NC(=O)CN2CCN(CC(=O)Nc3nc(-c4c(C)cc(C)cc4C)cs3)CC2)cc1. The van der Waals surface area contributed by atoms with Gasteiger partial charge >= 0.3 is 0 Å². The van der Waals surface area contributed by atoms with Gasteiger partial charge < -0.3 is 10.6 Å². The lowest BCUT2D eigenvalue weighted by atomic mass is 9.98. The van der Waals surface area contributed by atoms with Crippen molar-refractivity contribution >= 4 is 34.0 Å². The van der Waals surface area contributed by atoms with E-state index in [-0.39, 0.29) is 11.8 Å². The lowest BCUT2D eigenvalue weighted by molar-refractivity contribution is -0.120. The normalized spacial score (nSPS) is 14.6. The highest BCUT2D eigenvalue weighted by atomic mass is 32.1. The Bertz CT molecular complexity index is 1170. The lowest BCUT2D eigenvalue weighted by Gasteiger charge is -2.33. The number of nitrogens with zero attached hydrogens (tertiary/aromatic N) is 3.